The third-order valence-corrected chi connectivity index (χ3v) is 8.23. The molecule has 1 fully saturated rings. The topological polar surface area (TPSA) is 117 Å². The number of aromatic nitrogens is 2. The molecule has 0 aliphatic carbocycles. The van der Waals surface area contributed by atoms with Gasteiger partial charge in [0, 0.05) is 57.4 Å². The number of anilines is 2. The third kappa shape index (κ3) is 5.01. The lowest BCUT2D eigenvalue weighted by Gasteiger charge is -2.18. The summed E-state index contributed by atoms with van der Waals surface area (Å²) in [5.41, 5.74) is 2.81. The van der Waals surface area contributed by atoms with Crippen LogP contribution in [-0.2, 0) is 28.3 Å². The van der Waals surface area contributed by atoms with Crippen molar-refractivity contribution in [2.75, 3.05) is 36.4 Å². The van der Waals surface area contributed by atoms with Gasteiger partial charge in [-0.1, -0.05) is 13.8 Å². The van der Waals surface area contributed by atoms with Gasteiger partial charge >= 0.3 is 6.03 Å². The maximum Gasteiger partial charge on any atom is 0.321 e. The van der Waals surface area contributed by atoms with Crippen molar-refractivity contribution in [3.8, 4) is 0 Å². The average molecular weight is 499 g/mol. The van der Waals surface area contributed by atoms with Gasteiger partial charge in [-0.2, -0.15) is 4.31 Å². The predicted octanol–water partition coefficient (Wildman–Crippen LogP) is 2.70. The molecule has 11 heteroatoms. The zero-order valence-corrected chi connectivity index (χ0v) is 20.9. The molecule has 35 heavy (non-hydrogen) atoms. The van der Waals surface area contributed by atoms with Gasteiger partial charge in [-0.15, -0.1) is 0 Å². The maximum absolute atomic E-state index is 12.8. The minimum absolute atomic E-state index is 0.123. The van der Waals surface area contributed by atoms with Crippen LogP contribution >= 0.6 is 0 Å². The quantitative estimate of drug-likeness (QED) is 0.471. The molecule has 0 unspecified atom stereocenters. The van der Waals surface area contributed by atoms with Crippen molar-refractivity contribution >= 4 is 44.4 Å². The normalized spacial score (nSPS) is 14.1. The van der Waals surface area contributed by atoms with Crippen LogP contribution in [0.5, 0.6) is 0 Å². The number of nitrogens with zero attached hydrogens (tertiary/aromatic N) is 4. The Morgan fingerprint density at radius 2 is 1.86 bits per heavy atom. The lowest BCUT2D eigenvalue weighted by Crippen LogP contribution is -2.30. The largest absolute Gasteiger partial charge is 0.336 e. The Labute approximate surface area is 205 Å². The van der Waals surface area contributed by atoms with Crippen molar-refractivity contribution in [3.05, 3.63) is 48.3 Å². The molecule has 2 aromatic carbocycles. The number of amides is 3. The fraction of sp³-hybridized carbons (Fsp3) is 0.375. The second-order valence-electron chi connectivity index (χ2n) is 8.31. The summed E-state index contributed by atoms with van der Waals surface area (Å²) < 4.78 is 29.0. The zero-order valence-electron chi connectivity index (χ0n) is 20.1. The SMILES string of the molecule is CCN(CC)S(=O)(=O)c1ccc2c(c1)nc(CCC(=O)Nc1ccc(N3CCNC3=O)cc1)n2C. The Hall–Kier alpha value is -3.44. The standard InChI is InChI=1S/C24H30N6O4S/c1-4-29(5-2)35(33,34)19-10-11-21-20(16-19)27-22(28(21)3)12-13-23(31)26-17-6-8-18(9-7-17)30-15-14-25-24(30)32/h6-11,16H,4-5,12-15H2,1-3H3,(H,25,32)(H,26,31). The van der Waals surface area contributed by atoms with E-state index in [2.05, 4.69) is 15.6 Å². The Balaban J connectivity index is 1.42. The van der Waals surface area contributed by atoms with Crippen LogP contribution < -0.4 is 15.5 Å². The number of rotatable bonds is 9. The molecule has 0 bridgehead atoms. The summed E-state index contributed by atoms with van der Waals surface area (Å²) in [5, 5.41) is 5.63. The maximum atomic E-state index is 12.8. The number of benzene rings is 2. The van der Waals surface area contributed by atoms with Gasteiger partial charge in [0.15, 0.2) is 0 Å². The summed E-state index contributed by atoms with van der Waals surface area (Å²) >= 11 is 0. The van der Waals surface area contributed by atoms with Crippen LogP contribution in [0.15, 0.2) is 47.4 Å². The molecule has 1 aliphatic rings. The van der Waals surface area contributed by atoms with E-state index < -0.39 is 10.0 Å². The number of hydrogen-bond acceptors (Lipinski definition) is 5. The Kier molecular flexibility index (Phi) is 7.08. The Bertz CT molecular complexity index is 1350. The van der Waals surface area contributed by atoms with Crippen LogP contribution in [0.3, 0.4) is 0 Å². The Morgan fingerprint density at radius 3 is 2.49 bits per heavy atom. The van der Waals surface area contributed by atoms with Crippen LogP contribution in [0.25, 0.3) is 11.0 Å². The highest BCUT2D eigenvalue weighted by Gasteiger charge is 2.23. The van der Waals surface area contributed by atoms with Crippen molar-refractivity contribution in [1.29, 1.82) is 0 Å². The van der Waals surface area contributed by atoms with E-state index in [0.717, 1.165) is 11.2 Å². The molecule has 3 aromatic rings. The van der Waals surface area contributed by atoms with Gasteiger partial charge in [-0.05, 0) is 42.5 Å². The molecule has 2 N–H and O–H groups in total. The van der Waals surface area contributed by atoms with E-state index >= 15 is 0 Å². The summed E-state index contributed by atoms with van der Waals surface area (Å²) in [7, 11) is -1.72. The monoisotopic (exact) mass is 498 g/mol. The molecule has 1 aromatic heterocycles. The first kappa shape index (κ1) is 24.7. The van der Waals surface area contributed by atoms with Crippen LogP contribution in [-0.4, -0.2) is 60.4 Å². The number of sulfonamides is 1. The van der Waals surface area contributed by atoms with Crippen molar-refractivity contribution < 1.29 is 18.0 Å². The first-order valence-corrected chi connectivity index (χ1v) is 13.1. The average Bonchev–Trinajstić information content (AvgIpc) is 3.41. The fourth-order valence-electron chi connectivity index (χ4n) is 4.22. The van der Waals surface area contributed by atoms with E-state index in [1.807, 2.05) is 25.5 Å². The smallest absolute Gasteiger partial charge is 0.321 e. The molecule has 0 spiro atoms. The molecular weight excluding hydrogens is 468 g/mol. The van der Waals surface area contributed by atoms with Crippen LogP contribution in [0.4, 0.5) is 16.2 Å². The number of hydrogen-bond donors (Lipinski definition) is 2. The van der Waals surface area contributed by atoms with Gasteiger partial charge in [0.1, 0.15) is 5.82 Å². The number of nitrogens with one attached hydrogen (secondary N) is 2. The molecule has 2 heterocycles. The molecule has 0 saturated carbocycles. The molecule has 0 radical (unpaired) electrons. The van der Waals surface area contributed by atoms with Crippen molar-refractivity contribution in [3.63, 3.8) is 0 Å². The van der Waals surface area contributed by atoms with Crippen molar-refractivity contribution in [2.24, 2.45) is 7.05 Å². The molecule has 1 saturated heterocycles. The zero-order chi connectivity index (χ0) is 25.2. The lowest BCUT2D eigenvalue weighted by atomic mass is 10.2. The van der Waals surface area contributed by atoms with Crippen LogP contribution in [0.2, 0.25) is 0 Å². The predicted molar refractivity (Wildman–Crippen MR) is 135 cm³/mol. The number of carbonyl (C=O) groups excluding carboxylic acids is 2. The first-order chi connectivity index (χ1) is 16.7. The Morgan fingerprint density at radius 1 is 1.14 bits per heavy atom. The van der Waals surface area contributed by atoms with Crippen molar-refractivity contribution in [2.45, 2.75) is 31.6 Å². The van der Waals surface area contributed by atoms with Crippen molar-refractivity contribution in [1.82, 2.24) is 19.2 Å². The van der Waals surface area contributed by atoms with Gasteiger partial charge in [0.25, 0.3) is 0 Å². The van der Waals surface area contributed by atoms with Gasteiger partial charge in [-0.3, -0.25) is 9.69 Å². The summed E-state index contributed by atoms with van der Waals surface area (Å²) in [6.45, 7) is 5.65. The minimum atomic E-state index is -3.57. The van der Waals surface area contributed by atoms with E-state index in [1.165, 1.54) is 4.31 Å². The summed E-state index contributed by atoms with van der Waals surface area (Å²) in [6, 6.07) is 12.0. The fourth-order valence-corrected chi connectivity index (χ4v) is 5.70. The second kappa shape index (κ2) is 10.0. The summed E-state index contributed by atoms with van der Waals surface area (Å²) in [6.07, 6.45) is 0.624. The highest BCUT2D eigenvalue weighted by molar-refractivity contribution is 7.89. The molecule has 10 nitrogen and oxygen atoms in total. The van der Waals surface area contributed by atoms with E-state index in [4.69, 9.17) is 0 Å². The molecule has 1 aliphatic heterocycles. The minimum Gasteiger partial charge on any atom is -0.336 e. The molecule has 0 atom stereocenters. The highest BCUT2D eigenvalue weighted by Crippen LogP contribution is 2.23. The molecule has 3 amide bonds. The number of carbonyl (C=O) groups is 2. The van der Waals surface area contributed by atoms with E-state index in [1.54, 1.807) is 47.4 Å². The molecular formula is C24H30N6O4S. The molecule has 4 rings (SSSR count). The van der Waals surface area contributed by atoms with Crippen LogP contribution in [0.1, 0.15) is 26.1 Å². The number of urea groups is 1. The van der Waals surface area contributed by atoms with Gasteiger partial charge < -0.3 is 15.2 Å². The summed E-state index contributed by atoms with van der Waals surface area (Å²) in [5.74, 6) is 0.538. The van der Waals surface area contributed by atoms with E-state index in [0.29, 0.717) is 49.6 Å². The third-order valence-electron chi connectivity index (χ3n) is 6.18. The first-order valence-electron chi connectivity index (χ1n) is 11.7. The summed E-state index contributed by atoms with van der Waals surface area (Å²) in [4.78, 5) is 30.8. The van der Waals surface area contributed by atoms with E-state index in [-0.39, 0.29) is 23.3 Å². The lowest BCUT2D eigenvalue weighted by molar-refractivity contribution is -0.116. The van der Waals surface area contributed by atoms with Gasteiger partial charge in [0.05, 0.1) is 15.9 Å². The van der Waals surface area contributed by atoms with Gasteiger partial charge in [0.2, 0.25) is 15.9 Å². The van der Waals surface area contributed by atoms with Crippen LogP contribution in [0, 0.1) is 0 Å². The number of fused-ring (bicyclic) bond motifs is 1. The van der Waals surface area contributed by atoms with E-state index in [9.17, 15) is 18.0 Å². The molecule has 186 valence electrons. The number of aryl methyl sites for hydroxylation is 2. The van der Waals surface area contributed by atoms with Gasteiger partial charge in [-0.25, -0.2) is 18.2 Å². The highest BCUT2D eigenvalue weighted by atomic mass is 32.2. The second-order valence-corrected chi connectivity index (χ2v) is 10.2. The number of imidazole rings is 1.